The minimum absolute atomic E-state index is 0.164. The monoisotopic (exact) mass is 449 g/mol. The van der Waals surface area contributed by atoms with Crippen LogP contribution in [-0.4, -0.2) is 30.9 Å². The Morgan fingerprint density at radius 1 is 1.03 bits per heavy atom. The molecule has 0 saturated heterocycles. The van der Waals surface area contributed by atoms with E-state index in [-0.39, 0.29) is 5.91 Å². The molecule has 0 radical (unpaired) electrons. The van der Waals surface area contributed by atoms with Gasteiger partial charge in [-0.3, -0.25) is 14.3 Å². The molecule has 1 unspecified atom stereocenters. The van der Waals surface area contributed by atoms with E-state index in [2.05, 4.69) is 20.5 Å². The highest BCUT2D eigenvalue weighted by Crippen LogP contribution is 2.32. The van der Waals surface area contributed by atoms with Crippen LogP contribution in [0.1, 0.15) is 12.5 Å². The number of pyridine rings is 1. The molecular weight excluding hydrogens is 430 g/mol. The van der Waals surface area contributed by atoms with Crippen LogP contribution in [0.4, 0.5) is 5.69 Å². The molecule has 1 atom stereocenters. The molecule has 0 spiro atoms. The number of hydrogen-bond donors (Lipinski definition) is 1. The molecule has 31 heavy (non-hydrogen) atoms. The number of halogens is 1. The molecule has 0 aliphatic rings. The minimum atomic E-state index is -0.423. The molecular formula is C23H20ClN5OS. The van der Waals surface area contributed by atoms with Crippen LogP contribution in [0.15, 0.2) is 78.2 Å². The summed E-state index contributed by atoms with van der Waals surface area (Å²) in [4.78, 5) is 16.9. The van der Waals surface area contributed by atoms with E-state index >= 15 is 0 Å². The van der Waals surface area contributed by atoms with Gasteiger partial charge in [0.2, 0.25) is 5.91 Å². The van der Waals surface area contributed by atoms with Crippen molar-refractivity contribution in [3.8, 4) is 17.1 Å². The molecule has 2 aromatic carbocycles. The number of para-hydroxylation sites is 2. The highest BCUT2D eigenvalue weighted by molar-refractivity contribution is 8.00. The number of nitrogens with zero attached hydrogens (tertiary/aromatic N) is 4. The molecule has 0 saturated carbocycles. The first kappa shape index (κ1) is 21.1. The number of benzene rings is 2. The molecule has 8 heteroatoms. The summed E-state index contributed by atoms with van der Waals surface area (Å²) in [5.74, 6) is 0.529. The van der Waals surface area contributed by atoms with Gasteiger partial charge in [0.15, 0.2) is 11.0 Å². The van der Waals surface area contributed by atoms with Crippen LogP contribution in [0.2, 0.25) is 5.02 Å². The summed E-state index contributed by atoms with van der Waals surface area (Å²) in [7, 11) is 0. The zero-order chi connectivity index (χ0) is 21.8. The second kappa shape index (κ2) is 9.32. The van der Waals surface area contributed by atoms with Crippen molar-refractivity contribution in [2.75, 3.05) is 5.32 Å². The van der Waals surface area contributed by atoms with Crippen LogP contribution in [0.5, 0.6) is 0 Å². The summed E-state index contributed by atoms with van der Waals surface area (Å²) in [6, 6.07) is 19.0. The minimum Gasteiger partial charge on any atom is -0.324 e. The van der Waals surface area contributed by atoms with E-state index in [1.807, 2.05) is 66.9 Å². The largest absolute Gasteiger partial charge is 0.324 e. The van der Waals surface area contributed by atoms with Crippen LogP contribution in [0, 0.1) is 6.92 Å². The lowest BCUT2D eigenvalue weighted by molar-refractivity contribution is -0.115. The van der Waals surface area contributed by atoms with Crippen LogP contribution in [-0.2, 0) is 4.79 Å². The van der Waals surface area contributed by atoms with E-state index in [9.17, 15) is 4.79 Å². The second-order valence-corrected chi connectivity index (χ2v) is 8.61. The molecule has 1 amide bonds. The summed E-state index contributed by atoms with van der Waals surface area (Å²) in [6.45, 7) is 3.87. The lowest BCUT2D eigenvalue weighted by Gasteiger charge is -2.15. The molecule has 1 N–H and O–H groups in total. The Morgan fingerprint density at radius 2 is 1.74 bits per heavy atom. The van der Waals surface area contributed by atoms with Gasteiger partial charge in [-0.1, -0.05) is 53.7 Å². The fraction of sp³-hybridized carbons (Fsp3) is 0.130. The zero-order valence-electron chi connectivity index (χ0n) is 17.0. The lowest BCUT2D eigenvalue weighted by atomic mass is 10.2. The van der Waals surface area contributed by atoms with Crippen molar-refractivity contribution < 1.29 is 4.79 Å². The maximum Gasteiger partial charge on any atom is 0.237 e. The standard InChI is InChI=1S/C23H20ClN5OS/c1-15-7-3-6-10-20(15)29-21(17-11-13-25-14-12-17)27-28-23(29)31-16(2)22(30)26-19-9-5-4-8-18(19)24/h3-14,16H,1-2H3,(H,26,30). The van der Waals surface area contributed by atoms with Gasteiger partial charge in [-0.15, -0.1) is 10.2 Å². The number of aromatic nitrogens is 4. The SMILES string of the molecule is Cc1ccccc1-n1c(SC(C)C(=O)Nc2ccccc2Cl)nnc1-c1ccncc1. The number of nitrogens with one attached hydrogen (secondary N) is 1. The second-order valence-electron chi connectivity index (χ2n) is 6.89. The lowest BCUT2D eigenvalue weighted by Crippen LogP contribution is -2.23. The van der Waals surface area contributed by atoms with E-state index < -0.39 is 5.25 Å². The number of carbonyl (C=O) groups excluding carboxylic acids is 1. The van der Waals surface area contributed by atoms with Crippen LogP contribution in [0.25, 0.3) is 17.1 Å². The number of hydrogen-bond acceptors (Lipinski definition) is 5. The quantitative estimate of drug-likeness (QED) is 0.398. The van der Waals surface area contributed by atoms with E-state index in [0.717, 1.165) is 16.8 Å². The number of rotatable bonds is 6. The molecule has 0 aliphatic carbocycles. The zero-order valence-corrected chi connectivity index (χ0v) is 18.6. The molecule has 2 heterocycles. The van der Waals surface area contributed by atoms with E-state index in [1.54, 1.807) is 24.5 Å². The normalized spacial score (nSPS) is 11.8. The van der Waals surface area contributed by atoms with Crippen LogP contribution < -0.4 is 5.32 Å². The highest BCUT2D eigenvalue weighted by atomic mass is 35.5. The van der Waals surface area contributed by atoms with Gasteiger partial charge in [-0.05, 0) is 49.7 Å². The number of anilines is 1. The smallest absolute Gasteiger partial charge is 0.237 e. The maximum absolute atomic E-state index is 12.8. The molecule has 0 fully saturated rings. The third kappa shape index (κ3) is 4.62. The summed E-state index contributed by atoms with van der Waals surface area (Å²) < 4.78 is 1.98. The van der Waals surface area contributed by atoms with Crippen molar-refractivity contribution in [2.24, 2.45) is 0 Å². The first-order valence-corrected chi connectivity index (χ1v) is 10.9. The van der Waals surface area contributed by atoms with E-state index in [4.69, 9.17) is 11.6 Å². The number of thioether (sulfide) groups is 1. The Kier molecular flexibility index (Phi) is 6.34. The summed E-state index contributed by atoms with van der Waals surface area (Å²) >= 11 is 7.52. The number of aryl methyl sites for hydroxylation is 1. The fourth-order valence-electron chi connectivity index (χ4n) is 3.07. The average molecular weight is 450 g/mol. The predicted molar refractivity (Wildman–Crippen MR) is 125 cm³/mol. The fourth-order valence-corrected chi connectivity index (χ4v) is 4.12. The van der Waals surface area contributed by atoms with Gasteiger partial charge in [0.05, 0.1) is 21.6 Å². The topological polar surface area (TPSA) is 72.7 Å². The van der Waals surface area contributed by atoms with Crippen molar-refractivity contribution in [3.05, 3.63) is 83.6 Å². The molecule has 156 valence electrons. The number of carbonyl (C=O) groups is 1. The predicted octanol–water partition coefficient (Wildman–Crippen LogP) is 5.41. The van der Waals surface area contributed by atoms with Crippen molar-refractivity contribution in [1.29, 1.82) is 0 Å². The van der Waals surface area contributed by atoms with Crippen molar-refractivity contribution >= 4 is 35.0 Å². The van der Waals surface area contributed by atoms with Gasteiger partial charge >= 0.3 is 0 Å². The number of amides is 1. The summed E-state index contributed by atoms with van der Waals surface area (Å²) in [5.41, 5.74) is 3.51. The van der Waals surface area contributed by atoms with Crippen LogP contribution in [0.3, 0.4) is 0 Å². The van der Waals surface area contributed by atoms with Crippen LogP contribution >= 0.6 is 23.4 Å². The highest BCUT2D eigenvalue weighted by Gasteiger charge is 2.23. The average Bonchev–Trinajstić information content (AvgIpc) is 3.19. The van der Waals surface area contributed by atoms with Crippen molar-refractivity contribution in [1.82, 2.24) is 19.7 Å². The summed E-state index contributed by atoms with van der Waals surface area (Å²) in [5, 5.41) is 12.4. The molecule has 4 aromatic rings. The van der Waals surface area contributed by atoms with Gasteiger partial charge in [0.25, 0.3) is 0 Å². The van der Waals surface area contributed by atoms with Crippen molar-refractivity contribution in [2.45, 2.75) is 24.3 Å². The first-order valence-electron chi connectivity index (χ1n) is 9.68. The third-order valence-corrected chi connectivity index (χ3v) is 6.08. The molecule has 6 nitrogen and oxygen atoms in total. The first-order chi connectivity index (χ1) is 15.0. The van der Waals surface area contributed by atoms with E-state index in [0.29, 0.717) is 21.7 Å². The Labute approximate surface area is 189 Å². The Morgan fingerprint density at radius 3 is 2.48 bits per heavy atom. The van der Waals surface area contributed by atoms with Gasteiger partial charge in [-0.2, -0.15) is 0 Å². The third-order valence-electron chi connectivity index (χ3n) is 4.71. The Bertz CT molecular complexity index is 1210. The molecule has 4 rings (SSSR count). The molecule has 0 bridgehead atoms. The molecule has 2 aromatic heterocycles. The van der Waals surface area contributed by atoms with Gasteiger partial charge in [-0.25, -0.2) is 0 Å². The molecule has 0 aliphatic heterocycles. The van der Waals surface area contributed by atoms with Gasteiger partial charge < -0.3 is 5.32 Å². The van der Waals surface area contributed by atoms with E-state index in [1.165, 1.54) is 11.8 Å². The Hall–Kier alpha value is -3.16. The van der Waals surface area contributed by atoms with Gasteiger partial charge in [0.1, 0.15) is 0 Å². The maximum atomic E-state index is 12.8. The summed E-state index contributed by atoms with van der Waals surface area (Å²) in [6.07, 6.45) is 3.44. The van der Waals surface area contributed by atoms with Gasteiger partial charge in [0, 0.05) is 18.0 Å². The Balaban J connectivity index is 1.67. The van der Waals surface area contributed by atoms with Crippen molar-refractivity contribution in [3.63, 3.8) is 0 Å².